The van der Waals surface area contributed by atoms with Crippen molar-refractivity contribution >= 4 is 17.3 Å². The minimum atomic E-state index is 0.570. The molecule has 2 N–H and O–H groups in total. The van der Waals surface area contributed by atoms with Crippen LogP contribution in [-0.4, -0.2) is 22.6 Å². The molecule has 0 aromatic carbocycles. The van der Waals surface area contributed by atoms with Gasteiger partial charge in [-0.1, -0.05) is 0 Å². The molecule has 0 radical (unpaired) electrons. The maximum absolute atomic E-state index is 5.75. The maximum atomic E-state index is 5.75. The zero-order chi connectivity index (χ0) is 14.4. The van der Waals surface area contributed by atoms with Crippen LogP contribution in [0, 0.1) is 0 Å². The summed E-state index contributed by atoms with van der Waals surface area (Å²) in [6.07, 6.45) is 4.64. The summed E-state index contributed by atoms with van der Waals surface area (Å²) in [6.45, 7) is 3.93. The van der Waals surface area contributed by atoms with Crippen molar-refractivity contribution in [2.24, 2.45) is 5.73 Å². The van der Waals surface area contributed by atoms with Gasteiger partial charge in [-0.25, -0.2) is 9.97 Å². The van der Waals surface area contributed by atoms with Gasteiger partial charge in [0, 0.05) is 35.3 Å². The van der Waals surface area contributed by atoms with Gasteiger partial charge in [-0.15, -0.1) is 11.3 Å². The summed E-state index contributed by atoms with van der Waals surface area (Å²) in [7, 11) is 0. The molecule has 1 fully saturated rings. The molecule has 2 aliphatic rings. The number of hydrogen-bond acceptors (Lipinski definition) is 5. The van der Waals surface area contributed by atoms with Gasteiger partial charge in [0.15, 0.2) is 0 Å². The summed E-state index contributed by atoms with van der Waals surface area (Å²) >= 11 is 1.77. The van der Waals surface area contributed by atoms with Crippen LogP contribution in [-0.2, 0) is 19.4 Å². The highest BCUT2D eigenvalue weighted by Crippen LogP contribution is 2.36. The molecule has 1 aliphatic carbocycles. The minimum Gasteiger partial charge on any atom is -0.338 e. The first-order chi connectivity index (χ1) is 10.3. The van der Waals surface area contributed by atoms with Crippen LogP contribution < -0.4 is 10.6 Å². The van der Waals surface area contributed by atoms with Crippen molar-refractivity contribution in [2.45, 2.75) is 45.2 Å². The van der Waals surface area contributed by atoms with Crippen LogP contribution in [0.2, 0.25) is 0 Å². The second-order valence-corrected chi connectivity index (χ2v) is 7.12. The number of anilines is 1. The first-order valence-corrected chi connectivity index (χ1v) is 8.53. The fourth-order valence-corrected chi connectivity index (χ4v) is 4.08. The molecule has 0 amide bonds. The van der Waals surface area contributed by atoms with Gasteiger partial charge in [-0.3, -0.25) is 0 Å². The molecule has 2 aromatic heterocycles. The van der Waals surface area contributed by atoms with E-state index in [1.54, 1.807) is 11.3 Å². The number of aromatic nitrogens is 2. The highest BCUT2D eigenvalue weighted by molar-refractivity contribution is 7.15. The molecule has 1 saturated heterocycles. The van der Waals surface area contributed by atoms with Crippen LogP contribution in [0.1, 0.15) is 35.9 Å². The van der Waals surface area contributed by atoms with Crippen molar-refractivity contribution in [3.05, 3.63) is 28.3 Å². The fourth-order valence-electron chi connectivity index (χ4n) is 3.18. The van der Waals surface area contributed by atoms with Crippen molar-refractivity contribution < 1.29 is 0 Å². The summed E-state index contributed by atoms with van der Waals surface area (Å²) in [5, 5.41) is 0. The molecule has 2 aromatic rings. The normalized spacial score (nSPS) is 20.5. The number of nitrogens with two attached hydrogens (primary N) is 1. The summed E-state index contributed by atoms with van der Waals surface area (Å²) in [4.78, 5) is 14.5. The van der Waals surface area contributed by atoms with E-state index in [9.17, 15) is 0 Å². The predicted molar refractivity (Wildman–Crippen MR) is 86.7 cm³/mol. The van der Waals surface area contributed by atoms with E-state index < -0.39 is 0 Å². The lowest BCUT2D eigenvalue weighted by molar-refractivity contribution is 0.470. The van der Waals surface area contributed by atoms with Gasteiger partial charge >= 0.3 is 0 Å². The second-order valence-electron chi connectivity index (χ2n) is 5.95. The quantitative estimate of drug-likeness (QED) is 0.947. The monoisotopic (exact) mass is 300 g/mol. The Kier molecular flexibility index (Phi) is 3.19. The van der Waals surface area contributed by atoms with E-state index in [1.807, 2.05) is 0 Å². The van der Waals surface area contributed by atoms with E-state index >= 15 is 0 Å². The highest BCUT2D eigenvalue weighted by atomic mass is 32.1. The standard InChI is InChI=1S/C16H20N4S/c1-10-7-8-20(10)16-18-13-4-2-3-12(13)15(19-16)14-6-5-11(9-17)21-14/h5-6,10H,2-4,7-9,17H2,1H3/t10-/m0/s1. The molecule has 0 unspecified atom stereocenters. The van der Waals surface area contributed by atoms with E-state index in [2.05, 4.69) is 24.0 Å². The third-order valence-electron chi connectivity index (χ3n) is 4.59. The molecule has 21 heavy (non-hydrogen) atoms. The van der Waals surface area contributed by atoms with Crippen LogP contribution in [0.25, 0.3) is 10.6 Å². The number of fused-ring (bicyclic) bond motifs is 1. The van der Waals surface area contributed by atoms with E-state index in [4.69, 9.17) is 15.7 Å². The zero-order valence-corrected chi connectivity index (χ0v) is 13.1. The van der Waals surface area contributed by atoms with Crippen molar-refractivity contribution in [3.8, 4) is 10.6 Å². The molecule has 4 rings (SSSR count). The minimum absolute atomic E-state index is 0.570. The average molecular weight is 300 g/mol. The Balaban J connectivity index is 1.81. The number of nitrogens with zero attached hydrogens (tertiary/aromatic N) is 3. The lowest BCUT2D eigenvalue weighted by atomic mass is 10.1. The van der Waals surface area contributed by atoms with Gasteiger partial charge in [-0.2, -0.15) is 0 Å². The molecular weight excluding hydrogens is 280 g/mol. The van der Waals surface area contributed by atoms with Crippen LogP contribution in [0.15, 0.2) is 12.1 Å². The number of hydrogen-bond donors (Lipinski definition) is 1. The molecule has 1 aliphatic heterocycles. The van der Waals surface area contributed by atoms with Crippen molar-refractivity contribution in [1.82, 2.24) is 9.97 Å². The first kappa shape index (κ1) is 13.2. The SMILES string of the molecule is C[C@H]1CCN1c1nc2c(c(-c3ccc(CN)s3)n1)CCC2. The predicted octanol–water partition coefficient (Wildman–Crippen LogP) is 2.75. The van der Waals surface area contributed by atoms with Crippen LogP contribution in [0.3, 0.4) is 0 Å². The number of aryl methyl sites for hydroxylation is 1. The first-order valence-electron chi connectivity index (χ1n) is 7.72. The molecule has 1 atom stereocenters. The summed E-state index contributed by atoms with van der Waals surface area (Å²) < 4.78 is 0. The van der Waals surface area contributed by atoms with Crippen molar-refractivity contribution in [1.29, 1.82) is 0 Å². The average Bonchev–Trinajstić information content (AvgIpc) is 3.13. The van der Waals surface area contributed by atoms with Crippen LogP contribution in [0.5, 0.6) is 0 Å². The molecule has 110 valence electrons. The summed E-state index contributed by atoms with van der Waals surface area (Å²) in [5.41, 5.74) is 9.52. The van der Waals surface area contributed by atoms with Gasteiger partial charge in [0.05, 0.1) is 10.6 Å². The smallest absolute Gasteiger partial charge is 0.226 e. The second kappa shape index (κ2) is 5.07. The highest BCUT2D eigenvalue weighted by Gasteiger charge is 2.29. The third kappa shape index (κ3) is 2.15. The zero-order valence-electron chi connectivity index (χ0n) is 12.3. The van der Waals surface area contributed by atoms with Gasteiger partial charge in [0.1, 0.15) is 0 Å². The molecule has 3 heterocycles. The Hall–Kier alpha value is -1.46. The van der Waals surface area contributed by atoms with Gasteiger partial charge < -0.3 is 10.6 Å². The van der Waals surface area contributed by atoms with Crippen molar-refractivity contribution in [2.75, 3.05) is 11.4 Å². The van der Waals surface area contributed by atoms with Gasteiger partial charge in [0.2, 0.25) is 5.95 Å². The molecule has 4 nitrogen and oxygen atoms in total. The van der Waals surface area contributed by atoms with E-state index in [0.717, 1.165) is 31.0 Å². The Bertz CT molecular complexity index is 679. The molecule has 0 saturated carbocycles. The topological polar surface area (TPSA) is 55.0 Å². The number of thiophene rings is 1. The lowest BCUT2D eigenvalue weighted by Gasteiger charge is -2.39. The Morgan fingerprint density at radius 1 is 1.33 bits per heavy atom. The van der Waals surface area contributed by atoms with E-state index in [1.165, 1.54) is 33.9 Å². The maximum Gasteiger partial charge on any atom is 0.226 e. The van der Waals surface area contributed by atoms with E-state index in [0.29, 0.717) is 12.6 Å². The van der Waals surface area contributed by atoms with Gasteiger partial charge in [-0.05, 0) is 44.7 Å². The molecule has 0 bridgehead atoms. The Morgan fingerprint density at radius 3 is 2.90 bits per heavy atom. The number of rotatable bonds is 3. The van der Waals surface area contributed by atoms with E-state index in [-0.39, 0.29) is 0 Å². The Labute approximate surface area is 129 Å². The molecule has 0 spiro atoms. The van der Waals surface area contributed by atoms with Gasteiger partial charge in [0.25, 0.3) is 0 Å². The summed E-state index contributed by atoms with van der Waals surface area (Å²) in [6, 6.07) is 4.85. The fraction of sp³-hybridized carbons (Fsp3) is 0.500. The van der Waals surface area contributed by atoms with Crippen molar-refractivity contribution in [3.63, 3.8) is 0 Å². The van der Waals surface area contributed by atoms with Crippen LogP contribution >= 0.6 is 11.3 Å². The molecule has 5 heteroatoms. The third-order valence-corrected chi connectivity index (χ3v) is 5.71. The lowest BCUT2D eigenvalue weighted by Crippen LogP contribution is -2.46. The van der Waals surface area contributed by atoms with Crippen LogP contribution in [0.4, 0.5) is 5.95 Å². The Morgan fingerprint density at radius 2 is 2.24 bits per heavy atom. The largest absolute Gasteiger partial charge is 0.338 e. The molecular formula is C16H20N4S. The summed E-state index contributed by atoms with van der Waals surface area (Å²) in [5.74, 6) is 0.923.